The van der Waals surface area contributed by atoms with Crippen LogP contribution >= 0.6 is 0 Å². The lowest BCUT2D eigenvalue weighted by Gasteiger charge is -2.27. The number of carbonyl (C=O) groups excluding carboxylic acids is 1. The van der Waals surface area contributed by atoms with Crippen molar-refractivity contribution < 1.29 is 27.9 Å². The quantitative estimate of drug-likeness (QED) is 0.847. The monoisotopic (exact) mass is 289 g/mol. The average Bonchev–Trinajstić information content (AvgIpc) is 2.36. The number of carbonyl (C=O) groups is 2. The van der Waals surface area contributed by atoms with Crippen molar-refractivity contribution in [2.24, 2.45) is 0 Å². The third-order valence-electron chi connectivity index (χ3n) is 2.87. The van der Waals surface area contributed by atoms with Crippen LogP contribution in [0.15, 0.2) is 12.1 Å². The Morgan fingerprint density at radius 2 is 1.85 bits per heavy atom. The molecule has 0 heterocycles. The number of hydrogen-bond donors (Lipinski definition) is 1. The van der Waals surface area contributed by atoms with Gasteiger partial charge in [0.25, 0.3) is 5.91 Å². The fourth-order valence-electron chi connectivity index (χ4n) is 1.86. The van der Waals surface area contributed by atoms with E-state index in [1.54, 1.807) is 6.92 Å². The van der Waals surface area contributed by atoms with Crippen LogP contribution in [0.25, 0.3) is 0 Å². The zero-order valence-electron chi connectivity index (χ0n) is 11.0. The van der Waals surface area contributed by atoms with Crippen molar-refractivity contribution >= 4 is 11.9 Å². The van der Waals surface area contributed by atoms with E-state index in [9.17, 15) is 22.8 Å². The maximum absolute atomic E-state index is 13.6. The number of carboxylic acid groups (broad SMARTS) is 1. The maximum atomic E-state index is 13.6. The molecule has 1 aromatic rings. The zero-order valence-corrected chi connectivity index (χ0v) is 11.0. The van der Waals surface area contributed by atoms with Gasteiger partial charge in [-0.1, -0.05) is 0 Å². The van der Waals surface area contributed by atoms with Crippen molar-refractivity contribution in [1.82, 2.24) is 4.90 Å². The highest BCUT2D eigenvalue weighted by Crippen LogP contribution is 2.18. The van der Waals surface area contributed by atoms with Crippen molar-refractivity contribution in [3.05, 3.63) is 35.1 Å². The van der Waals surface area contributed by atoms with Gasteiger partial charge in [-0.15, -0.1) is 0 Å². The molecule has 7 heteroatoms. The van der Waals surface area contributed by atoms with E-state index < -0.39 is 40.9 Å². The number of halogens is 3. The van der Waals surface area contributed by atoms with Crippen molar-refractivity contribution in [2.45, 2.75) is 26.3 Å². The molecule has 1 amide bonds. The van der Waals surface area contributed by atoms with Gasteiger partial charge in [-0.2, -0.15) is 0 Å². The van der Waals surface area contributed by atoms with Gasteiger partial charge in [-0.3, -0.25) is 9.59 Å². The standard InChI is InChI=1S/C13H14F3NO3/c1-3-17(7(2)6-10(18)19)13(20)8-4-5-9(14)12(16)11(8)15/h4-5,7H,3,6H2,1-2H3,(H,18,19). The Hall–Kier alpha value is -2.05. The van der Waals surface area contributed by atoms with Gasteiger partial charge in [0.2, 0.25) is 0 Å². The summed E-state index contributed by atoms with van der Waals surface area (Å²) in [5.74, 6) is -6.68. The second-order valence-corrected chi connectivity index (χ2v) is 4.26. The molecule has 0 bridgehead atoms. The SMILES string of the molecule is CCN(C(=O)c1ccc(F)c(F)c1F)C(C)CC(=O)O. The first-order valence-electron chi connectivity index (χ1n) is 5.95. The molecule has 1 aromatic carbocycles. The van der Waals surface area contributed by atoms with E-state index in [4.69, 9.17) is 5.11 Å². The number of rotatable bonds is 5. The number of amides is 1. The van der Waals surface area contributed by atoms with Gasteiger partial charge in [0.05, 0.1) is 12.0 Å². The summed E-state index contributed by atoms with van der Waals surface area (Å²) in [5.41, 5.74) is -0.622. The summed E-state index contributed by atoms with van der Waals surface area (Å²) < 4.78 is 39.5. The molecule has 1 atom stereocenters. The first-order valence-corrected chi connectivity index (χ1v) is 5.95. The predicted molar refractivity (Wildman–Crippen MR) is 64.7 cm³/mol. The van der Waals surface area contributed by atoms with Crippen molar-refractivity contribution in [3.8, 4) is 0 Å². The van der Waals surface area contributed by atoms with Crippen molar-refractivity contribution in [1.29, 1.82) is 0 Å². The highest BCUT2D eigenvalue weighted by molar-refractivity contribution is 5.95. The Morgan fingerprint density at radius 1 is 1.25 bits per heavy atom. The molecule has 20 heavy (non-hydrogen) atoms. The molecular formula is C13H14F3NO3. The number of aliphatic carboxylic acids is 1. The topological polar surface area (TPSA) is 57.6 Å². The fraction of sp³-hybridized carbons (Fsp3) is 0.385. The molecule has 0 aromatic heterocycles. The Bertz CT molecular complexity index is 534. The lowest BCUT2D eigenvalue weighted by molar-refractivity contribution is -0.138. The number of benzene rings is 1. The van der Waals surface area contributed by atoms with Crippen LogP contribution in [0.5, 0.6) is 0 Å². The molecule has 0 radical (unpaired) electrons. The van der Waals surface area contributed by atoms with E-state index >= 15 is 0 Å². The van der Waals surface area contributed by atoms with Crippen LogP contribution in [0.3, 0.4) is 0 Å². The predicted octanol–water partition coefficient (Wildman–Crippen LogP) is 2.43. The Kier molecular flexibility index (Phi) is 5.12. The molecular weight excluding hydrogens is 275 g/mol. The Balaban J connectivity index is 3.09. The molecule has 0 fully saturated rings. The van der Waals surface area contributed by atoms with E-state index in [0.717, 1.165) is 11.0 Å². The van der Waals surface area contributed by atoms with Gasteiger partial charge in [-0.05, 0) is 26.0 Å². The molecule has 0 aliphatic carbocycles. The molecule has 0 saturated carbocycles. The summed E-state index contributed by atoms with van der Waals surface area (Å²) in [4.78, 5) is 23.8. The Morgan fingerprint density at radius 3 is 2.35 bits per heavy atom. The first-order chi connectivity index (χ1) is 9.29. The van der Waals surface area contributed by atoms with Gasteiger partial charge in [0.1, 0.15) is 0 Å². The van der Waals surface area contributed by atoms with Crippen LogP contribution in [-0.2, 0) is 4.79 Å². The molecule has 1 N–H and O–H groups in total. The summed E-state index contributed by atoms with van der Waals surface area (Å²) in [5, 5.41) is 8.69. The minimum absolute atomic E-state index is 0.117. The van der Waals surface area contributed by atoms with Gasteiger partial charge < -0.3 is 10.0 Å². The maximum Gasteiger partial charge on any atom is 0.305 e. The molecule has 0 spiro atoms. The number of hydrogen-bond acceptors (Lipinski definition) is 2. The van der Waals surface area contributed by atoms with Gasteiger partial charge >= 0.3 is 5.97 Å². The van der Waals surface area contributed by atoms with E-state index in [-0.39, 0.29) is 13.0 Å². The molecule has 1 unspecified atom stereocenters. The minimum Gasteiger partial charge on any atom is -0.481 e. The van der Waals surface area contributed by atoms with Gasteiger partial charge in [-0.25, -0.2) is 13.2 Å². The molecule has 0 saturated heterocycles. The molecule has 0 aliphatic rings. The lowest BCUT2D eigenvalue weighted by atomic mass is 10.1. The van der Waals surface area contributed by atoms with Crippen LogP contribution in [-0.4, -0.2) is 34.5 Å². The highest BCUT2D eigenvalue weighted by Gasteiger charge is 2.26. The van der Waals surface area contributed by atoms with Crippen LogP contribution in [0.4, 0.5) is 13.2 Å². The van der Waals surface area contributed by atoms with Crippen molar-refractivity contribution in [3.63, 3.8) is 0 Å². The first kappa shape index (κ1) is 16.0. The van der Waals surface area contributed by atoms with Crippen LogP contribution in [0, 0.1) is 17.5 Å². The van der Waals surface area contributed by atoms with E-state index in [2.05, 4.69) is 0 Å². The third-order valence-corrected chi connectivity index (χ3v) is 2.87. The van der Waals surface area contributed by atoms with E-state index in [1.807, 2.05) is 0 Å². The number of carboxylic acids is 1. The normalized spacial score (nSPS) is 12.1. The summed E-state index contributed by atoms with van der Waals surface area (Å²) >= 11 is 0. The van der Waals surface area contributed by atoms with Crippen LogP contribution < -0.4 is 0 Å². The zero-order chi connectivity index (χ0) is 15.4. The van der Waals surface area contributed by atoms with Gasteiger partial charge in [0, 0.05) is 12.6 Å². The smallest absolute Gasteiger partial charge is 0.305 e. The Labute approximate surface area is 113 Å². The van der Waals surface area contributed by atoms with Gasteiger partial charge in [0.15, 0.2) is 17.5 Å². The van der Waals surface area contributed by atoms with Crippen LogP contribution in [0.1, 0.15) is 30.6 Å². The second kappa shape index (κ2) is 6.40. The third kappa shape index (κ3) is 3.28. The molecule has 4 nitrogen and oxygen atoms in total. The number of nitrogens with zero attached hydrogens (tertiary/aromatic N) is 1. The summed E-state index contributed by atoms with van der Waals surface area (Å²) in [6.45, 7) is 3.17. The molecule has 110 valence electrons. The molecule has 1 rings (SSSR count). The average molecular weight is 289 g/mol. The summed E-state index contributed by atoms with van der Waals surface area (Å²) in [7, 11) is 0. The summed E-state index contributed by atoms with van der Waals surface area (Å²) in [6.07, 6.45) is -0.328. The second-order valence-electron chi connectivity index (χ2n) is 4.26. The highest BCUT2D eigenvalue weighted by atomic mass is 19.2. The van der Waals surface area contributed by atoms with Crippen molar-refractivity contribution in [2.75, 3.05) is 6.54 Å². The minimum atomic E-state index is -1.72. The van der Waals surface area contributed by atoms with E-state index in [0.29, 0.717) is 6.07 Å². The van der Waals surface area contributed by atoms with Crippen LogP contribution in [0.2, 0.25) is 0 Å². The van der Waals surface area contributed by atoms with E-state index in [1.165, 1.54) is 6.92 Å². The largest absolute Gasteiger partial charge is 0.481 e. The fourth-order valence-corrected chi connectivity index (χ4v) is 1.86. The lowest BCUT2D eigenvalue weighted by Crippen LogP contribution is -2.40. The molecule has 0 aliphatic heterocycles. The summed E-state index contributed by atoms with van der Waals surface area (Å²) in [6, 6.07) is 0.797.